The molecule has 2 aromatic rings. The van der Waals surface area contributed by atoms with Crippen molar-refractivity contribution >= 4 is 21.4 Å². The number of nitrogens with two attached hydrogens (primary N) is 2. The highest BCUT2D eigenvalue weighted by molar-refractivity contribution is 7.89. The van der Waals surface area contributed by atoms with E-state index in [0.29, 0.717) is 17.9 Å². The Labute approximate surface area is 123 Å². The maximum absolute atomic E-state index is 11.4. The van der Waals surface area contributed by atoms with Crippen molar-refractivity contribution in [1.29, 1.82) is 0 Å². The summed E-state index contributed by atoms with van der Waals surface area (Å²) in [6.07, 6.45) is 0. The third-order valence-corrected chi connectivity index (χ3v) is 3.85. The van der Waals surface area contributed by atoms with E-state index in [1.54, 1.807) is 6.07 Å². The van der Waals surface area contributed by atoms with E-state index < -0.39 is 10.0 Å². The van der Waals surface area contributed by atoms with Gasteiger partial charge in [0.05, 0.1) is 11.5 Å². The molecule has 0 radical (unpaired) electrons. The van der Waals surface area contributed by atoms with Gasteiger partial charge >= 0.3 is 0 Å². The second-order valence-electron chi connectivity index (χ2n) is 4.66. The molecule has 2 rings (SSSR count). The van der Waals surface area contributed by atoms with Gasteiger partial charge in [0.1, 0.15) is 0 Å². The van der Waals surface area contributed by atoms with Crippen LogP contribution < -0.4 is 16.2 Å². The zero-order valence-corrected chi connectivity index (χ0v) is 12.1. The van der Waals surface area contributed by atoms with Crippen LogP contribution in [0.1, 0.15) is 11.1 Å². The lowest BCUT2D eigenvalue weighted by Crippen LogP contribution is -2.13. The molecule has 0 bridgehead atoms. The number of aliphatic hydroxyl groups is 1. The molecule has 7 heteroatoms. The molecular formula is C14H17N3O3S. The fourth-order valence-electron chi connectivity index (χ4n) is 1.86. The van der Waals surface area contributed by atoms with Crippen molar-refractivity contribution in [1.82, 2.24) is 0 Å². The second-order valence-corrected chi connectivity index (χ2v) is 6.23. The third-order valence-electron chi connectivity index (χ3n) is 2.96. The Balaban J connectivity index is 2.14. The smallest absolute Gasteiger partial charge is 0.238 e. The van der Waals surface area contributed by atoms with E-state index in [9.17, 15) is 8.42 Å². The molecule has 2 aromatic carbocycles. The zero-order valence-electron chi connectivity index (χ0n) is 11.3. The molecule has 0 heterocycles. The highest BCUT2D eigenvalue weighted by Crippen LogP contribution is 2.20. The van der Waals surface area contributed by atoms with Crippen molar-refractivity contribution in [3.8, 4) is 0 Å². The van der Waals surface area contributed by atoms with Crippen molar-refractivity contribution in [3.05, 3.63) is 53.6 Å². The predicted molar refractivity (Wildman–Crippen MR) is 81.9 cm³/mol. The van der Waals surface area contributed by atoms with Crippen LogP contribution in [0.5, 0.6) is 0 Å². The highest BCUT2D eigenvalue weighted by atomic mass is 32.2. The fourth-order valence-corrected chi connectivity index (χ4v) is 2.45. The molecule has 0 aliphatic heterocycles. The summed E-state index contributed by atoms with van der Waals surface area (Å²) in [7, 11) is -3.79. The Hall–Kier alpha value is -2.09. The monoisotopic (exact) mass is 307 g/mol. The van der Waals surface area contributed by atoms with E-state index in [2.05, 4.69) is 5.32 Å². The van der Waals surface area contributed by atoms with Crippen LogP contribution in [0.3, 0.4) is 0 Å². The lowest BCUT2D eigenvalue weighted by atomic mass is 10.1. The van der Waals surface area contributed by atoms with Crippen LogP contribution in [0, 0.1) is 0 Å². The van der Waals surface area contributed by atoms with Gasteiger partial charge in [0.15, 0.2) is 0 Å². The van der Waals surface area contributed by atoms with Gasteiger partial charge in [0.2, 0.25) is 10.0 Å². The van der Waals surface area contributed by atoms with E-state index in [0.717, 1.165) is 11.1 Å². The second kappa shape index (κ2) is 6.13. The number of nitrogens with one attached hydrogen (secondary N) is 1. The molecule has 21 heavy (non-hydrogen) atoms. The van der Waals surface area contributed by atoms with Crippen LogP contribution in [0.15, 0.2) is 47.4 Å². The number of rotatable bonds is 5. The van der Waals surface area contributed by atoms with Crippen molar-refractivity contribution in [3.63, 3.8) is 0 Å². The van der Waals surface area contributed by atoms with Gasteiger partial charge in [-0.1, -0.05) is 24.3 Å². The summed E-state index contributed by atoms with van der Waals surface area (Å²) < 4.78 is 22.7. The first-order chi connectivity index (χ1) is 9.88. The molecule has 6 nitrogen and oxygen atoms in total. The molecular weight excluding hydrogens is 290 g/mol. The number of hydrogen-bond donors (Lipinski definition) is 4. The molecule has 0 aliphatic carbocycles. The van der Waals surface area contributed by atoms with Crippen molar-refractivity contribution < 1.29 is 13.5 Å². The molecule has 0 atom stereocenters. The number of nitrogen functional groups attached to an aromatic ring is 1. The lowest BCUT2D eigenvalue weighted by Gasteiger charge is -2.10. The third kappa shape index (κ3) is 4.19. The molecule has 0 amide bonds. The summed E-state index contributed by atoms with van der Waals surface area (Å²) in [5, 5.41) is 17.2. The van der Waals surface area contributed by atoms with E-state index in [-0.39, 0.29) is 11.5 Å². The fraction of sp³-hybridized carbons (Fsp3) is 0.143. The van der Waals surface area contributed by atoms with Gasteiger partial charge in [-0.05, 0) is 29.3 Å². The molecule has 6 N–H and O–H groups in total. The predicted octanol–water partition coefficient (Wildman–Crippen LogP) is 1.02. The number of hydrogen-bond acceptors (Lipinski definition) is 5. The Kier molecular flexibility index (Phi) is 4.46. The quantitative estimate of drug-likeness (QED) is 0.615. The van der Waals surface area contributed by atoms with Gasteiger partial charge < -0.3 is 16.2 Å². The molecule has 112 valence electrons. The van der Waals surface area contributed by atoms with Gasteiger partial charge in [-0.25, -0.2) is 13.6 Å². The maximum atomic E-state index is 11.4. The van der Waals surface area contributed by atoms with Gasteiger partial charge in [0.25, 0.3) is 0 Å². The molecule has 0 aliphatic rings. The summed E-state index contributed by atoms with van der Waals surface area (Å²) in [4.78, 5) is -0.0272. The number of benzene rings is 2. The summed E-state index contributed by atoms with van der Waals surface area (Å²) in [5.74, 6) is 0. The SMILES string of the molecule is Nc1cc(NCc2ccc(CO)cc2)cc(S(N)(=O)=O)c1. The van der Waals surface area contributed by atoms with E-state index >= 15 is 0 Å². The van der Waals surface area contributed by atoms with E-state index in [1.165, 1.54) is 12.1 Å². The Morgan fingerprint density at radius 2 is 1.67 bits per heavy atom. The van der Waals surface area contributed by atoms with Gasteiger partial charge in [-0.3, -0.25) is 0 Å². The lowest BCUT2D eigenvalue weighted by molar-refractivity contribution is 0.282. The minimum Gasteiger partial charge on any atom is -0.399 e. The van der Waals surface area contributed by atoms with Crippen molar-refractivity contribution in [2.75, 3.05) is 11.1 Å². The van der Waals surface area contributed by atoms with Crippen LogP contribution in [-0.2, 0) is 23.2 Å². The van der Waals surface area contributed by atoms with Gasteiger partial charge in [-0.2, -0.15) is 0 Å². The standard InChI is InChI=1S/C14H17N3O3S/c15-12-5-13(7-14(6-12)21(16,19)20)17-8-10-1-3-11(9-18)4-2-10/h1-7,17-18H,8-9,15H2,(H2,16,19,20). The Bertz CT molecular complexity index is 728. The van der Waals surface area contributed by atoms with Gasteiger partial charge in [0, 0.05) is 17.9 Å². The van der Waals surface area contributed by atoms with Crippen LogP contribution in [0.4, 0.5) is 11.4 Å². The molecule has 0 saturated carbocycles. The number of aliphatic hydroxyl groups excluding tert-OH is 1. The average molecular weight is 307 g/mol. The minimum absolute atomic E-state index is 0.000642. The number of sulfonamides is 1. The number of primary sulfonamides is 1. The summed E-state index contributed by atoms with van der Waals surface area (Å²) in [6.45, 7) is 0.500. The first kappa shape index (κ1) is 15.3. The summed E-state index contributed by atoms with van der Waals surface area (Å²) in [6, 6.07) is 11.8. The Morgan fingerprint density at radius 1 is 1.05 bits per heavy atom. The van der Waals surface area contributed by atoms with Crippen LogP contribution in [0.2, 0.25) is 0 Å². The van der Waals surface area contributed by atoms with E-state index in [4.69, 9.17) is 16.0 Å². The Morgan fingerprint density at radius 3 is 2.24 bits per heavy atom. The summed E-state index contributed by atoms with van der Waals surface area (Å²) in [5.41, 5.74) is 8.39. The first-order valence-corrected chi connectivity index (χ1v) is 7.79. The van der Waals surface area contributed by atoms with Crippen molar-refractivity contribution in [2.45, 2.75) is 18.0 Å². The summed E-state index contributed by atoms with van der Waals surface area (Å²) >= 11 is 0. The van der Waals surface area contributed by atoms with Gasteiger partial charge in [-0.15, -0.1) is 0 Å². The van der Waals surface area contributed by atoms with Crippen molar-refractivity contribution in [2.24, 2.45) is 5.14 Å². The molecule has 0 unspecified atom stereocenters. The normalized spacial score (nSPS) is 11.3. The van der Waals surface area contributed by atoms with E-state index in [1.807, 2.05) is 24.3 Å². The zero-order chi connectivity index (χ0) is 15.5. The highest BCUT2D eigenvalue weighted by Gasteiger charge is 2.09. The molecule has 0 aromatic heterocycles. The first-order valence-electron chi connectivity index (χ1n) is 6.24. The molecule has 0 saturated heterocycles. The topological polar surface area (TPSA) is 118 Å². The van der Waals surface area contributed by atoms with Crippen LogP contribution in [0.25, 0.3) is 0 Å². The number of anilines is 2. The van der Waals surface area contributed by atoms with Crippen LogP contribution in [-0.4, -0.2) is 13.5 Å². The largest absolute Gasteiger partial charge is 0.399 e. The minimum atomic E-state index is -3.79. The molecule has 0 fully saturated rings. The maximum Gasteiger partial charge on any atom is 0.238 e. The van der Waals surface area contributed by atoms with Crippen LogP contribution >= 0.6 is 0 Å². The average Bonchev–Trinajstić information content (AvgIpc) is 2.44. The molecule has 0 spiro atoms.